The molecule has 0 radical (unpaired) electrons. The summed E-state index contributed by atoms with van der Waals surface area (Å²) in [6.07, 6.45) is 3.66. The molecule has 2 N–H and O–H groups in total. The Morgan fingerprint density at radius 1 is 1.31 bits per heavy atom. The van der Waals surface area contributed by atoms with E-state index in [1.54, 1.807) is 6.20 Å². The van der Waals surface area contributed by atoms with Gasteiger partial charge in [0, 0.05) is 36.7 Å². The Labute approximate surface area is 95.1 Å². The van der Waals surface area contributed by atoms with Crippen molar-refractivity contribution < 1.29 is 0 Å². The minimum absolute atomic E-state index is 0.831. The third-order valence-corrected chi connectivity index (χ3v) is 2.63. The highest BCUT2D eigenvalue weighted by Gasteiger charge is 2.04. The number of nitrogens with zero attached hydrogens (tertiary/aromatic N) is 2. The van der Waals surface area contributed by atoms with E-state index >= 15 is 0 Å². The summed E-state index contributed by atoms with van der Waals surface area (Å²) >= 11 is 0. The van der Waals surface area contributed by atoms with Gasteiger partial charge in [-0.1, -0.05) is 6.07 Å². The summed E-state index contributed by atoms with van der Waals surface area (Å²) in [5, 5.41) is 10.5. The van der Waals surface area contributed by atoms with Gasteiger partial charge in [-0.2, -0.15) is 5.10 Å². The summed E-state index contributed by atoms with van der Waals surface area (Å²) in [7, 11) is 0. The Morgan fingerprint density at radius 2 is 2.19 bits per heavy atom. The quantitative estimate of drug-likeness (QED) is 0.818. The maximum Gasteiger partial charge on any atom is 0.0638 e. The first-order chi connectivity index (χ1) is 7.77. The molecule has 4 nitrogen and oxygen atoms in total. The number of pyridine rings is 1. The van der Waals surface area contributed by atoms with Gasteiger partial charge in [0.05, 0.1) is 5.69 Å². The van der Waals surface area contributed by atoms with Crippen LogP contribution in [-0.4, -0.2) is 15.2 Å². The van der Waals surface area contributed by atoms with Crippen LogP contribution in [0, 0.1) is 13.8 Å². The summed E-state index contributed by atoms with van der Waals surface area (Å²) in [5.74, 6) is 0. The molecule has 4 heteroatoms. The zero-order valence-electron chi connectivity index (χ0n) is 9.62. The van der Waals surface area contributed by atoms with Gasteiger partial charge in [-0.05, 0) is 25.5 Å². The molecule has 0 bridgehead atoms. The Balaban J connectivity index is 1.89. The van der Waals surface area contributed by atoms with Crippen molar-refractivity contribution in [2.75, 3.05) is 0 Å². The standard InChI is InChI=1S/C12H16N4/c1-9-12(10(2)16-15-9)8-14-7-11-4-3-5-13-6-11/h3-6,14H,7-8H2,1-2H3,(H,15,16). The number of aromatic amines is 1. The minimum atomic E-state index is 0.831. The first-order valence-electron chi connectivity index (χ1n) is 5.37. The minimum Gasteiger partial charge on any atom is -0.308 e. The molecule has 0 unspecified atom stereocenters. The van der Waals surface area contributed by atoms with Crippen LogP contribution in [-0.2, 0) is 13.1 Å². The molecule has 0 saturated heterocycles. The van der Waals surface area contributed by atoms with Gasteiger partial charge in [-0.3, -0.25) is 10.1 Å². The molecule has 0 amide bonds. The molecule has 2 aromatic rings. The van der Waals surface area contributed by atoms with Crippen LogP contribution in [0.4, 0.5) is 0 Å². The second-order valence-corrected chi connectivity index (χ2v) is 3.88. The van der Waals surface area contributed by atoms with Gasteiger partial charge < -0.3 is 5.32 Å². The first kappa shape index (κ1) is 10.8. The molecule has 0 atom stereocenters. The number of nitrogens with one attached hydrogen (secondary N) is 2. The molecule has 2 heterocycles. The molecule has 0 spiro atoms. The summed E-state index contributed by atoms with van der Waals surface area (Å²) in [6, 6.07) is 4.01. The lowest BCUT2D eigenvalue weighted by molar-refractivity contribution is 0.686. The number of hydrogen-bond donors (Lipinski definition) is 2. The number of H-pyrrole nitrogens is 1. The normalized spacial score (nSPS) is 10.6. The largest absolute Gasteiger partial charge is 0.308 e. The molecule has 0 aliphatic rings. The lowest BCUT2D eigenvalue weighted by atomic mass is 10.2. The van der Waals surface area contributed by atoms with E-state index in [2.05, 4.69) is 26.6 Å². The van der Waals surface area contributed by atoms with Crippen molar-refractivity contribution in [2.24, 2.45) is 0 Å². The van der Waals surface area contributed by atoms with Crippen molar-refractivity contribution in [2.45, 2.75) is 26.9 Å². The van der Waals surface area contributed by atoms with Crippen molar-refractivity contribution in [1.29, 1.82) is 0 Å². The zero-order chi connectivity index (χ0) is 11.4. The fourth-order valence-electron chi connectivity index (χ4n) is 1.67. The summed E-state index contributed by atoms with van der Waals surface area (Å²) in [6.45, 7) is 5.73. The smallest absolute Gasteiger partial charge is 0.0638 e. The maximum absolute atomic E-state index is 4.16. The Kier molecular flexibility index (Phi) is 3.31. The fraction of sp³-hybridized carbons (Fsp3) is 0.333. The van der Waals surface area contributed by atoms with E-state index in [-0.39, 0.29) is 0 Å². The molecule has 2 rings (SSSR count). The van der Waals surface area contributed by atoms with Gasteiger partial charge >= 0.3 is 0 Å². The monoisotopic (exact) mass is 216 g/mol. The number of aromatic nitrogens is 3. The first-order valence-corrected chi connectivity index (χ1v) is 5.37. The Hall–Kier alpha value is -1.68. The van der Waals surface area contributed by atoms with Gasteiger partial charge in [-0.15, -0.1) is 0 Å². The van der Waals surface area contributed by atoms with E-state index in [4.69, 9.17) is 0 Å². The lowest BCUT2D eigenvalue weighted by Crippen LogP contribution is -2.13. The van der Waals surface area contributed by atoms with Crippen LogP contribution in [0.5, 0.6) is 0 Å². The lowest BCUT2D eigenvalue weighted by Gasteiger charge is -2.04. The van der Waals surface area contributed by atoms with E-state index in [9.17, 15) is 0 Å². The third-order valence-electron chi connectivity index (χ3n) is 2.63. The molecular formula is C12H16N4. The molecule has 2 aromatic heterocycles. The van der Waals surface area contributed by atoms with Gasteiger partial charge in [0.1, 0.15) is 0 Å². The molecule has 16 heavy (non-hydrogen) atoms. The SMILES string of the molecule is Cc1n[nH]c(C)c1CNCc1cccnc1. The van der Waals surface area contributed by atoms with E-state index in [0.29, 0.717) is 0 Å². The molecular weight excluding hydrogens is 200 g/mol. The third kappa shape index (κ3) is 2.46. The van der Waals surface area contributed by atoms with Crippen molar-refractivity contribution >= 4 is 0 Å². The second-order valence-electron chi connectivity index (χ2n) is 3.88. The molecule has 84 valence electrons. The van der Waals surface area contributed by atoms with Crippen LogP contribution >= 0.6 is 0 Å². The predicted molar refractivity (Wildman–Crippen MR) is 62.8 cm³/mol. The van der Waals surface area contributed by atoms with Crippen LogP contribution in [0.2, 0.25) is 0 Å². The zero-order valence-corrected chi connectivity index (χ0v) is 9.62. The Bertz CT molecular complexity index is 428. The number of hydrogen-bond acceptors (Lipinski definition) is 3. The van der Waals surface area contributed by atoms with Crippen LogP contribution in [0.15, 0.2) is 24.5 Å². The van der Waals surface area contributed by atoms with E-state index in [1.165, 1.54) is 11.1 Å². The van der Waals surface area contributed by atoms with Crippen LogP contribution in [0.25, 0.3) is 0 Å². The van der Waals surface area contributed by atoms with Crippen molar-refractivity contribution in [3.05, 3.63) is 47.0 Å². The average Bonchev–Trinajstić information content (AvgIpc) is 2.62. The number of rotatable bonds is 4. The Morgan fingerprint density at radius 3 is 2.81 bits per heavy atom. The molecule has 0 fully saturated rings. The van der Waals surface area contributed by atoms with Gasteiger partial charge in [0.25, 0.3) is 0 Å². The molecule has 0 aliphatic heterocycles. The molecule has 0 aliphatic carbocycles. The average molecular weight is 216 g/mol. The van der Waals surface area contributed by atoms with E-state index < -0.39 is 0 Å². The fourth-order valence-corrected chi connectivity index (χ4v) is 1.67. The van der Waals surface area contributed by atoms with Crippen LogP contribution in [0.3, 0.4) is 0 Å². The summed E-state index contributed by atoms with van der Waals surface area (Å²) in [4.78, 5) is 4.08. The van der Waals surface area contributed by atoms with Crippen molar-refractivity contribution in [3.8, 4) is 0 Å². The highest BCUT2D eigenvalue weighted by molar-refractivity contribution is 5.22. The van der Waals surface area contributed by atoms with Gasteiger partial charge in [-0.25, -0.2) is 0 Å². The van der Waals surface area contributed by atoms with Gasteiger partial charge in [0.15, 0.2) is 0 Å². The topological polar surface area (TPSA) is 53.6 Å². The molecule has 0 saturated carbocycles. The maximum atomic E-state index is 4.16. The van der Waals surface area contributed by atoms with Crippen molar-refractivity contribution in [1.82, 2.24) is 20.5 Å². The highest BCUT2D eigenvalue weighted by atomic mass is 15.1. The second kappa shape index (κ2) is 4.90. The highest BCUT2D eigenvalue weighted by Crippen LogP contribution is 2.08. The van der Waals surface area contributed by atoms with Gasteiger partial charge in [0.2, 0.25) is 0 Å². The number of aryl methyl sites for hydroxylation is 2. The van der Waals surface area contributed by atoms with E-state index in [0.717, 1.165) is 24.5 Å². The predicted octanol–water partition coefficient (Wildman–Crippen LogP) is 1.71. The van der Waals surface area contributed by atoms with Crippen LogP contribution in [0.1, 0.15) is 22.5 Å². The summed E-state index contributed by atoms with van der Waals surface area (Å²) < 4.78 is 0. The van der Waals surface area contributed by atoms with Crippen molar-refractivity contribution in [3.63, 3.8) is 0 Å². The van der Waals surface area contributed by atoms with E-state index in [1.807, 2.05) is 26.1 Å². The molecule has 0 aromatic carbocycles. The summed E-state index contributed by atoms with van der Waals surface area (Å²) in [5.41, 5.74) is 4.65. The van der Waals surface area contributed by atoms with Crippen LogP contribution < -0.4 is 5.32 Å².